The van der Waals surface area contributed by atoms with Gasteiger partial charge in [0.05, 0.1) is 0 Å². The van der Waals surface area contributed by atoms with E-state index in [2.05, 4.69) is 25.7 Å². The summed E-state index contributed by atoms with van der Waals surface area (Å²) in [5.74, 6) is 0.310. The third kappa shape index (κ3) is 3.52. The summed E-state index contributed by atoms with van der Waals surface area (Å²) in [6.07, 6.45) is 3.29. The molecule has 1 aliphatic rings. The summed E-state index contributed by atoms with van der Waals surface area (Å²) in [5, 5.41) is 0. The Balaban J connectivity index is 2.66. The van der Waals surface area contributed by atoms with E-state index < -0.39 is 5.60 Å². The molecule has 0 spiro atoms. The number of Topliss-reactive ketones (excluding diaryl/α,β-unsaturated/α-hetero) is 1. The van der Waals surface area contributed by atoms with E-state index in [-0.39, 0.29) is 0 Å². The molecule has 0 radical (unpaired) electrons. The first-order valence-electron chi connectivity index (χ1n) is 6.97. The molecule has 0 bridgehead atoms. The zero-order valence-corrected chi connectivity index (χ0v) is 11.8. The van der Waals surface area contributed by atoms with Gasteiger partial charge in [0.1, 0.15) is 5.60 Å². The van der Waals surface area contributed by atoms with E-state index in [1.807, 2.05) is 6.92 Å². The fraction of sp³-hybridized carbons (Fsp3) is 0.929. The lowest BCUT2D eigenvalue weighted by molar-refractivity contribution is -0.152. The highest BCUT2D eigenvalue weighted by Gasteiger charge is 2.41. The lowest BCUT2D eigenvalue weighted by atomic mass is 9.84. The third-order valence-electron chi connectivity index (χ3n) is 3.74. The Kier molecular flexibility index (Phi) is 5.60. The molecule has 0 aromatic carbocycles. The van der Waals surface area contributed by atoms with Gasteiger partial charge < -0.3 is 9.64 Å². The van der Waals surface area contributed by atoms with Crippen molar-refractivity contribution in [3.8, 4) is 0 Å². The number of piperidine rings is 1. The molecule has 0 aromatic heterocycles. The van der Waals surface area contributed by atoms with Crippen molar-refractivity contribution in [3.63, 3.8) is 0 Å². The van der Waals surface area contributed by atoms with Gasteiger partial charge in [-0.25, -0.2) is 0 Å². The molecule has 3 heteroatoms. The van der Waals surface area contributed by atoms with Crippen LogP contribution < -0.4 is 0 Å². The Morgan fingerprint density at radius 3 is 2.29 bits per heavy atom. The first kappa shape index (κ1) is 14.7. The second-order valence-corrected chi connectivity index (χ2v) is 5.23. The maximum atomic E-state index is 12.2. The average Bonchev–Trinajstić information content (AvgIpc) is 2.30. The second-order valence-electron chi connectivity index (χ2n) is 5.23. The fourth-order valence-corrected chi connectivity index (χ4v) is 2.64. The molecule has 17 heavy (non-hydrogen) atoms. The molecule has 0 aliphatic carbocycles. The summed E-state index contributed by atoms with van der Waals surface area (Å²) in [6.45, 7) is 11.1. The Hall–Kier alpha value is -0.410. The number of likely N-dealkylation sites (tertiary alicyclic amines) is 1. The van der Waals surface area contributed by atoms with Crippen LogP contribution in [0, 0.1) is 0 Å². The van der Waals surface area contributed by atoms with Gasteiger partial charge in [-0.15, -0.1) is 0 Å². The minimum absolute atomic E-state index is 0.310. The van der Waals surface area contributed by atoms with E-state index in [1.165, 1.54) is 0 Å². The monoisotopic (exact) mass is 241 g/mol. The molecule has 1 aliphatic heterocycles. The van der Waals surface area contributed by atoms with Crippen molar-refractivity contribution in [2.75, 3.05) is 19.7 Å². The van der Waals surface area contributed by atoms with E-state index in [4.69, 9.17) is 4.74 Å². The van der Waals surface area contributed by atoms with Crippen molar-refractivity contribution in [2.24, 2.45) is 0 Å². The van der Waals surface area contributed by atoms with E-state index in [0.29, 0.717) is 24.9 Å². The summed E-state index contributed by atoms with van der Waals surface area (Å²) < 4.78 is 5.84. The molecule has 1 saturated heterocycles. The van der Waals surface area contributed by atoms with Gasteiger partial charge in [-0.3, -0.25) is 4.79 Å². The Morgan fingerprint density at radius 2 is 1.88 bits per heavy atom. The van der Waals surface area contributed by atoms with Crippen LogP contribution >= 0.6 is 0 Å². The lowest BCUT2D eigenvalue weighted by Gasteiger charge is -2.42. The smallest absolute Gasteiger partial charge is 0.164 e. The molecular weight excluding hydrogens is 214 g/mol. The number of ether oxygens (including phenoxy) is 1. The van der Waals surface area contributed by atoms with E-state index in [0.717, 1.165) is 32.4 Å². The van der Waals surface area contributed by atoms with Crippen LogP contribution in [0.25, 0.3) is 0 Å². The van der Waals surface area contributed by atoms with Crippen LogP contribution in [-0.2, 0) is 9.53 Å². The van der Waals surface area contributed by atoms with Crippen LogP contribution in [0.4, 0.5) is 0 Å². The molecule has 100 valence electrons. The summed E-state index contributed by atoms with van der Waals surface area (Å²) in [7, 11) is 0. The maximum absolute atomic E-state index is 12.2. The van der Waals surface area contributed by atoms with Gasteiger partial charge in [-0.1, -0.05) is 6.92 Å². The van der Waals surface area contributed by atoms with Gasteiger partial charge in [0.15, 0.2) is 5.78 Å². The predicted octanol–water partition coefficient (Wildman–Crippen LogP) is 2.64. The minimum Gasteiger partial charge on any atom is -0.367 e. The van der Waals surface area contributed by atoms with Crippen molar-refractivity contribution < 1.29 is 9.53 Å². The molecule has 1 fully saturated rings. The molecule has 1 rings (SSSR count). The van der Waals surface area contributed by atoms with Gasteiger partial charge >= 0.3 is 0 Å². The Labute approximate surface area is 106 Å². The van der Waals surface area contributed by atoms with Crippen LogP contribution in [0.15, 0.2) is 0 Å². The topological polar surface area (TPSA) is 29.5 Å². The summed E-state index contributed by atoms with van der Waals surface area (Å²) in [6, 6.07) is 0.566. The second kappa shape index (κ2) is 6.50. The highest BCUT2D eigenvalue weighted by atomic mass is 16.5. The number of hydrogen-bond acceptors (Lipinski definition) is 3. The molecule has 0 saturated carbocycles. The van der Waals surface area contributed by atoms with Crippen LogP contribution in [0.1, 0.15) is 53.4 Å². The van der Waals surface area contributed by atoms with E-state index in [1.54, 1.807) is 0 Å². The number of ketones is 1. The molecule has 0 atom stereocenters. The number of carbonyl (C=O) groups is 1. The summed E-state index contributed by atoms with van der Waals surface area (Å²) >= 11 is 0. The normalized spacial score (nSPS) is 20.8. The average molecular weight is 241 g/mol. The van der Waals surface area contributed by atoms with Gasteiger partial charge in [0, 0.05) is 32.2 Å². The van der Waals surface area contributed by atoms with Crippen molar-refractivity contribution in [3.05, 3.63) is 0 Å². The lowest BCUT2D eigenvalue weighted by Crippen LogP contribution is -2.52. The zero-order valence-electron chi connectivity index (χ0n) is 11.8. The van der Waals surface area contributed by atoms with Crippen LogP contribution in [-0.4, -0.2) is 42.0 Å². The highest BCUT2D eigenvalue weighted by Crippen LogP contribution is 2.29. The van der Waals surface area contributed by atoms with Crippen LogP contribution in [0.2, 0.25) is 0 Å². The number of carbonyl (C=O) groups excluding carboxylic acids is 1. The Morgan fingerprint density at radius 1 is 1.29 bits per heavy atom. The molecular formula is C14H27NO2. The fourth-order valence-electron chi connectivity index (χ4n) is 2.64. The number of rotatable bonds is 6. The van der Waals surface area contributed by atoms with E-state index >= 15 is 0 Å². The van der Waals surface area contributed by atoms with Gasteiger partial charge in [-0.05, 0) is 40.0 Å². The minimum atomic E-state index is -0.476. The maximum Gasteiger partial charge on any atom is 0.164 e. The Bertz CT molecular complexity index is 243. The summed E-state index contributed by atoms with van der Waals surface area (Å²) in [4.78, 5) is 14.7. The quantitative estimate of drug-likeness (QED) is 0.716. The summed E-state index contributed by atoms with van der Waals surface area (Å²) in [5.41, 5.74) is -0.476. The first-order valence-corrected chi connectivity index (χ1v) is 6.97. The molecule has 0 aromatic rings. The molecule has 0 N–H and O–H groups in total. The molecule has 3 nitrogen and oxygen atoms in total. The number of nitrogens with zero attached hydrogens (tertiary/aromatic N) is 1. The van der Waals surface area contributed by atoms with Gasteiger partial charge in [0.2, 0.25) is 0 Å². The first-order chi connectivity index (χ1) is 8.05. The largest absolute Gasteiger partial charge is 0.367 e. The molecule has 0 unspecified atom stereocenters. The molecule has 1 heterocycles. The van der Waals surface area contributed by atoms with Crippen molar-refractivity contribution in [1.82, 2.24) is 4.90 Å². The number of hydrogen-bond donors (Lipinski definition) is 0. The third-order valence-corrected chi connectivity index (χ3v) is 3.74. The van der Waals surface area contributed by atoms with E-state index in [9.17, 15) is 4.79 Å². The van der Waals surface area contributed by atoms with Crippen molar-refractivity contribution >= 4 is 5.78 Å². The molecule has 0 amide bonds. The predicted molar refractivity (Wildman–Crippen MR) is 70.2 cm³/mol. The standard InChI is InChI=1S/C14H27NO2/c1-5-7-13(16)14(17-6-2)8-10-15(11-9-14)12(3)4/h12H,5-11H2,1-4H3. The van der Waals surface area contributed by atoms with Crippen molar-refractivity contribution in [1.29, 1.82) is 0 Å². The SMILES string of the molecule is CCCC(=O)C1(OCC)CCN(C(C)C)CC1. The van der Waals surface area contributed by atoms with Crippen LogP contribution in [0.5, 0.6) is 0 Å². The van der Waals surface area contributed by atoms with Gasteiger partial charge in [-0.2, -0.15) is 0 Å². The van der Waals surface area contributed by atoms with Gasteiger partial charge in [0.25, 0.3) is 0 Å². The zero-order chi connectivity index (χ0) is 12.9. The van der Waals surface area contributed by atoms with Crippen LogP contribution in [0.3, 0.4) is 0 Å². The van der Waals surface area contributed by atoms with Crippen molar-refractivity contribution in [2.45, 2.75) is 65.0 Å². The highest BCUT2D eigenvalue weighted by molar-refractivity contribution is 5.87.